The molecule has 0 saturated heterocycles. The highest BCUT2D eigenvalue weighted by Crippen LogP contribution is 2.43. The molecule has 0 fully saturated rings. The van der Waals surface area contributed by atoms with Crippen LogP contribution in [0.4, 0.5) is 0 Å². The van der Waals surface area contributed by atoms with E-state index in [1.807, 2.05) is 25.2 Å². The standard InChI is InChI=1S/C20H21N3O5S/c1-21-9-11-4-5-15-12(6-11)7-16(23-15)13-8-17(27-2)19(28-29(3,25)26)14-10-22-20(24)18(13)14/h4-8,21,23H,9-10H2,1-3H3,(H,22,24). The molecule has 9 heteroatoms. The number of carbonyl (C=O) groups is 1. The number of nitrogens with one attached hydrogen (secondary N) is 3. The third kappa shape index (κ3) is 3.54. The van der Waals surface area contributed by atoms with Crippen LogP contribution in [0.2, 0.25) is 0 Å². The van der Waals surface area contributed by atoms with Gasteiger partial charge in [-0.25, -0.2) is 0 Å². The van der Waals surface area contributed by atoms with Gasteiger partial charge in [0.15, 0.2) is 11.5 Å². The SMILES string of the molecule is CNCc1ccc2[nH]c(-c3cc(OC)c(OS(C)(=O)=O)c4c3C(=O)NC4)cc2c1. The Labute approximate surface area is 168 Å². The fourth-order valence-electron chi connectivity index (χ4n) is 3.63. The molecule has 29 heavy (non-hydrogen) atoms. The highest BCUT2D eigenvalue weighted by atomic mass is 32.2. The number of aromatic amines is 1. The van der Waals surface area contributed by atoms with Gasteiger partial charge in [0, 0.05) is 40.8 Å². The summed E-state index contributed by atoms with van der Waals surface area (Å²) in [5.74, 6) is 0.000234. The average molecular weight is 415 g/mol. The molecule has 0 atom stereocenters. The van der Waals surface area contributed by atoms with Crippen molar-refractivity contribution in [3.63, 3.8) is 0 Å². The molecule has 3 N–H and O–H groups in total. The maximum atomic E-state index is 12.6. The van der Waals surface area contributed by atoms with Gasteiger partial charge in [0.05, 0.1) is 18.9 Å². The lowest BCUT2D eigenvalue weighted by Gasteiger charge is -2.15. The minimum Gasteiger partial charge on any atom is -0.493 e. The van der Waals surface area contributed by atoms with Crippen LogP contribution in [0, 0.1) is 0 Å². The number of hydrogen-bond donors (Lipinski definition) is 3. The van der Waals surface area contributed by atoms with E-state index >= 15 is 0 Å². The van der Waals surface area contributed by atoms with Crippen LogP contribution in [0.25, 0.3) is 22.2 Å². The predicted molar refractivity (Wildman–Crippen MR) is 110 cm³/mol. The average Bonchev–Trinajstić information content (AvgIpc) is 3.25. The Hall–Kier alpha value is -3.04. The van der Waals surface area contributed by atoms with Crippen molar-refractivity contribution in [3.8, 4) is 22.8 Å². The summed E-state index contributed by atoms with van der Waals surface area (Å²) in [6.45, 7) is 0.912. The Morgan fingerprint density at radius 1 is 1.21 bits per heavy atom. The smallest absolute Gasteiger partial charge is 0.306 e. The first-order valence-electron chi connectivity index (χ1n) is 8.99. The Morgan fingerprint density at radius 3 is 2.69 bits per heavy atom. The minimum absolute atomic E-state index is 0.0412. The number of benzene rings is 2. The second-order valence-corrected chi connectivity index (χ2v) is 8.49. The number of methoxy groups -OCH3 is 1. The van der Waals surface area contributed by atoms with E-state index in [0.717, 1.165) is 35.0 Å². The molecule has 0 radical (unpaired) electrons. The first-order chi connectivity index (χ1) is 13.8. The summed E-state index contributed by atoms with van der Waals surface area (Å²) in [6, 6.07) is 9.68. The third-order valence-electron chi connectivity index (χ3n) is 4.81. The van der Waals surface area contributed by atoms with Gasteiger partial charge in [0.25, 0.3) is 5.91 Å². The normalized spacial score (nSPS) is 13.4. The Bertz CT molecular complexity index is 1230. The van der Waals surface area contributed by atoms with Crippen molar-refractivity contribution in [1.82, 2.24) is 15.6 Å². The second kappa shape index (κ2) is 7.09. The molecular formula is C20H21N3O5S. The zero-order valence-corrected chi connectivity index (χ0v) is 17.1. The Balaban J connectivity index is 1.91. The molecule has 2 aromatic carbocycles. The zero-order chi connectivity index (χ0) is 20.8. The fraction of sp³-hybridized carbons (Fsp3) is 0.250. The Kier molecular flexibility index (Phi) is 4.71. The number of amides is 1. The summed E-state index contributed by atoms with van der Waals surface area (Å²) in [6.07, 6.45) is 0.956. The fourth-order valence-corrected chi connectivity index (χ4v) is 4.11. The van der Waals surface area contributed by atoms with Crippen molar-refractivity contribution in [3.05, 3.63) is 47.0 Å². The molecule has 0 saturated carbocycles. The van der Waals surface area contributed by atoms with Gasteiger partial charge in [0.1, 0.15) is 0 Å². The molecule has 8 nitrogen and oxygen atoms in total. The van der Waals surface area contributed by atoms with E-state index in [9.17, 15) is 13.2 Å². The van der Waals surface area contributed by atoms with E-state index in [0.29, 0.717) is 16.7 Å². The van der Waals surface area contributed by atoms with E-state index in [-0.39, 0.29) is 24.0 Å². The lowest BCUT2D eigenvalue weighted by atomic mass is 9.98. The molecule has 152 valence electrons. The predicted octanol–water partition coefficient (Wildman–Crippen LogP) is 2.14. The summed E-state index contributed by atoms with van der Waals surface area (Å²) in [4.78, 5) is 15.9. The number of H-pyrrole nitrogens is 1. The van der Waals surface area contributed by atoms with E-state index in [4.69, 9.17) is 8.92 Å². The molecule has 0 spiro atoms. The van der Waals surface area contributed by atoms with Crippen LogP contribution in [0.1, 0.15) is 21.5 Å². The van der Waals surface area contributed by atoms with Crippen LogP contribution >= 0.6 is 0 Å². The number of hydrogen-bond acceptors (Lipinski definition) is 6. The highest BCUT2D eigenvalue weighted by Gasteiger charge is 2.31. The second-order valence-electron chi connectivity index (χ2n) is 6.91. The van der Waals surface area contributed by atoms with Crippen molar-refractivity contribution < 1.29 is 22.1 Å². The van der Waals surface area contributed by atoms with Gasteiger partial charge >= 0.3 is 10.1 Å². The van der Waals surface area contributed by atoms with Gasteiger partial charge in [-0.15, -0.1) is 0 Å². The zero-order valence-electron chi connectivity index (χ0n) is 16.3. The monoisotopic (exact) mass is 415 g/mol. The number of aromatic nitrogens is 1. The topological polar surface area (TPSA) is 110 Å². The van der Waals surface area contributed by atoms with Crippen molar-refractivity contribution in [2.45, 2.75) is 13.1 Å². The van der Waals surface area contributed by atoms with Crippen LogP contribution < -0.4 is 19.6 Å². The summed E-state index contributed by atoms with van der Waals surface area (Å²) in [5, 5.41) is 6.87. The Morgan fingerprint density at radius 2 is 2.00 bits per heavy atom. The van der Waals surface area contributed by atoms with Gasteiger partial charge in [-0.3, -0.25) is 4.79 Å². The largest absolute Gasteiger partial charge is 0.493 e. The molecule has 1 aromatic heterocycles. The molecule has 2 heterocycles. The molecule has 3 aromatic rings. The lowest BCUT2D eigenvalue weighted by molar-refractivity contribution is 0.0966. The van der Waals surface area contributed by atoms with Crippen LogP contribution in [-0.2, 0) is 23.2 Å². The number of ether oxygens (including phenoxy) is 1. The number of fused-ring (bicyclic) bond motifs is 2. The van der Waals surface area contributed by atoms with Crippen LogP contribution in [0.5, 0.6) is 11.5 Å². The van der Waals surface area contributed by atoms with Crippen molar-refractivity contribution in [2.24, 2.45) is 0 Å². The molecule has 1 amide bonds. The lowest BCUT2D eigenvalue weighted by Crippen LogP contribution is -2.13. The molecule has 0 bridgehead atoms. The summed E-state index contributed by atoms with van der Waals surface area (Å²) in [5.41, 5.74) is 4.28. The molecular weight excluding hydrogens is 394 g/mol. The van der Waals surface area contributed by atoms with Crippen molar-refractivity contribution >= 4 is 26.9 Å². The number of rotatable bonds is 6. The van der Waals surface area contributed by atoms with Crippen molar-refractivity contribution in [2.75, 3.05) is 20.4 Å². The van der Waals surface area contributed by atoms with Gasteiger partial charge in [-0.2, -0.15) is 8.42 Å². The summed E-state index contributed by atoms with van der Waals surface area (Å²) >= 11 is 0. The van der Waals surface area contributed by atoms with E-state index in [1.165, 1.54) is 7.11 Å². The summed E-state index contributed by atoms with van der Waals surface area (Å²) < 4.78 is 34.0. The van der Waals surface area contributed by atoms with Gasteiger partial charge in [0.2, 0.25) is 0 Å². The number of carbonyl (C=O) groups excluding carboxylic acids is 1. The minimum atomic E-state index is -3.79. The quantitative estimate of drug-likeness (QED) is 0.532. The van der Waals surface area contributed by atoms with Crippen LogP contribution in [0.15, 0.2) is 30.3 Å². The molecule has 0 unspecified atom stereocenters. The molecule has 4 rings (SSSR count). The van der Waals surface area contributed by atoms with E-state index < -0.39 is 10.1 Å². The maximum absolute atomic E-state index is 12.6. The van der Waals surface area contributed by atoms with Gasteiger partial charge in [-0.05, 0) is 36.9 Å². The highest BCUT2D eigenvalue weighted by molar-refractivity contribution is 7.86. The first-order valence-corrected chi connectivity index (χ1v) is 10.8. The molecule has 0 aliphatic carbocycles. The first kappa shape index (κ1) is 19.3. The summed E-state index contributed by atoms with van der Waals surface area (Å²) in [7, 11) is -0.469. The molecule has 1 aliphatic heterocycles. The van der Waals surface area contributed by atoms with E-state index in [2.05, 4.69) is 21.7 Å². The van der Waals surface area contributed by atoms with Crippen LogP contribution in [-0.4, -0.2) is 39.7 Å². The van der Waals surface area contributed by atoms with Gasteiger partial charge in [-0.1, -0.05) is 6.07 Å². The maximum Gasteiger partial charge on any atom is 0.306 e. The third-order valence-corrected chi connectivity index (χ3v) is 5.28. The van der Waals surface area contributed by atoms with E-state index in [1.54, 1.807) is 6.07 Å². The molecule has 1 aliphatic rings. The van der Waals surface area contributed by atoms with Crippen molar-refractivity contribution in [1.29, 1.82) is 0 Å². The van der Waals surface area contributed by atoms with Crippen LogP contribution in [0.3, 0.4) is 0 Å². The van der Waals surface area contributed by atoms with Gasteiger partial charge < -0.3 is 24.5 Å².